The summed E-state index contributed by atoms with van der Waals surface area (Å²) in [5, 5.41) is 2.69. The summed E-state index contributed by atoms with van der Waals surface area (Å²) in [6.45, 7) is 0.654. The fourth-order valence-corrected chi connectivity index (χ4v) is 5.03. The number of amides is 1. The summed E-state index contributed by atoms with van der Waals surface area (Å²) in [6, 6.07) is 12.3. The van der Waals surface area contributed by atoms with Crippen molar-refractivity contribution in [3.05, 3.63) is 54.1 Å². The quantitative estimate of drug-likeness (QED) is 0.449. The van der Waals surface area contributed by atoms with Crippen LogP contribution in [0.4, 0.5) is 11.4 Å². The molecule has 0 heterocycles. The molecule has 0 saturated heterocycles. The van der Waals surface area contributed by atoms with Gasteiger partial charge in [-0.15, -0.1) is 0 Å². The van der Waals surface area contributed by atoms with Crippen LogP contribution in [0.5, 0.6) is 0 Å². The summed E-state index contributed by atoms with van der Waals surface area (Å²) in [5.74, 6) is -0.420. The van der Waals surface area contributed by atoms with Crippen LogP contribution in [-0.2, 0) is 19.9 Å². The Labute approximate surface area is 190 Å². The number of anilines is 2. The van der Waals surface area contributed by atoms with Gasteiger partial charge in [-0.05, 0) is 55.8 Å². The van der Waals surface area contributed by atoms with Crippen molar-refractivity contribution in [1.82, 2.24) is 0 Å². The second-order valence-corrected chi connectivity index (χ2v) is 11.7. The Hall–Kier alpha value is -2.43. The van der Waals surface area contributed by atoms with E-state index in [1.165, 1.54) is 37.4 Å². The minimum atomic E-state index is -3.54. The van der Waals surface area contributed by atoms with Crippen LogP contribution in [0.2, 0.25) is 0 Å². The Bertz CT molecular complexity index is 1110. The van der Waals surface area contributed by atoms with Crippen LogP contribution in [0.1, 0.15) is 42.5 Å². The number of nitrogens with one attached hydrogen (secondary N) is 1. The normalized spacial score (nSPS) is 11.8. The number of para-hydroxylation sites is 1. The number of benzene rings is 2. The van der Waals surface area contributed by atoms with Crippen molar-refractivity contribution in [3.8, 4) is 0 Å². The summed E-state index contributed by atoms with van der Waals surface area (Å²) in [7, 11) is -5.56. The van der Waals surface area contributed by atoms with E-state index in [9.17, 15) is 21.6 Å². The van der Waals surface area contributed by atoms with Gasteiger partial charge < -0.3 is 11.1 Å². The first-order valence-electron chi connectivity index (χ1n) is 10.4. The molecule has 0 aromatic heterocycles. The maximum atomic E-state index is 12.7. The molecule has 2 aromatic carbocycles. The molecule has 0 radical (unpaired) electrons. The number of sulfonamides is 1. The molecule has 3 N–H and O–H groups in total. The van der Waals surface area contributed by atoms with Crippen LogP contribution in [-0.4, -0.2) is 48.3 Å². The van der Waals surface area contributed by atoms with Crippen molar-refractivity contribution in [2.24, 2.45) is 5.73 Å². The van der Waals surface area contributed by atoms with E-state index in [-0.39, 0.29) is 21.9 Å². The van der Waals surface area contributed by atoms with Gasteiger partial charge in [-0.2, -0.15) is 0 Å². The van der Waals surface area contributed by atoms with Gasteiger partial charge >= 0.3 is 0 Å². The van der Waals surface area contributed by atoms with Gasteiger partial charge in [0, 0.05) is 12.7 Å². The maximum Gasteiger partial charge on any atom is 0.257 e. The molecule has 0 spiro atoms. The van der Waals surface area contributed by atoms with Crippen LogP contribution in [0.3, 0.4) is 0 Å². The smallest absolute Gasteiger partial charge is 0.257 e. The zero-order chi connectivity index (χ0) is 23.8. The number of hydrogen-bond acceptors (Lipinski definition) is 6. The SMILES string of the molecule is CN(c1ccccc1C(=O)Nc1ccc(S(=O)(=O)CCCCCCCN)cc1)S(C)(=O)=O. The predicted octanol–water partition coefficient (Wildman–Crippen LogP) is 3.02. The maximum absolute atomic E-state index is 12.7. The predicted molar refractivity (Wildman–Crippen MR) is 128 cm³/mol. The lowest BCUT2D eigenvalue weighted by Gasteiger charge is -2.19. The molecular formula is C22H31N3O5S2. The molecule has 0 aliphatic rings. The van der Waals surface area contributed by atoms with Crippen LogP contribution >= 0.6 is 0 Å². The fraction of sp³-hybridized carbons (Fsp3) is 0.409. The molecule has 0 aliphatic heterocycles. The average Bonchev–Trinajstić information content (AvgIpc) is 2.75. The Morgan fingerprint density at radius 2 is 1.50 bits per heavy atom. The van der Waals surface area contributed by atoms with E-state index in [1.807, 2.05) is 0 Å². The van der Waals surface area contributed by atoms with E-state index in [1.54, 1.807) is 18.2 Å². The van der Waals surface area contributed by atoms with E-state index in [0.717, 1.165) is 36.2 Å². The van der Waals surface area contributed by atoms with Gasteiger partial charge in [-0.1, -0.05) is 31.4 Å². The monoisotopic (exact) mass is 481 g/mol. The first-order chi connectivity index (χ1) is 15.1. The third kappa shape index (κ3) is 7.32. The van der Waals surface area contributed by atoms with Crippen LogP contribution in [0.25, 0.3) is 0 Å². The Morgan fingerprint density at radius 1 is 0.906 bits per heavy atom. The molecule has 2 rings (SSSR count). The van der Waals surface area contributed by atoms with Gasteiger partial charge in [0.05, 0.1) is 28.2 Å². The molecule has 10 heteroatoms. The summed E-state index contributed by atoms with van der Waals surface area (Å²) in [5.41, 5.74) is 6.30. The highest BCUT2D eigenvalue weighted by atomic mass is 32.2. The van der Waals surface area contributed by atoms with Crippen molar-refractivity contribution < 1.29 is 21.6 Å². The lowest BCUT2D eigenvalue weighted by molar-refractivity contribution is 0.102. The van der Waals surface area contributed by atoms with Crippen LogP contribution < -0.4 is 15.4 Å². The summed E-state index contributed by atoms with van der Waals surface area (Å²) < 4.78 is 49.8. The van der Waals surface area contributed by atoms with Crippen molar-refractivity contribution in [1.29, 1.82) is 0 Å². The minimum Gasteiger partial charge on any atom is -0.330 e. The molecule has 0 atom stereocenters. The van der Waals surface area contributed by atoms with E-state index in [4.69, 9.17) is 5.73 Å². The molecule has 0 unspecified atom stereocenters. The molecule has 8 nitrogen and oxygen atoms in total. The Morgan fingerprint density at radius 3 is 2.12 bits per heavy atom. The minimum absolute atomic E-state index is 0.0759. The summed E-state index contributed by atoms with van der Waals surface area (Å²) in [6.07, 6.45) is 5.42. The van der Waals surface area contributed by atoms with E-state index >= 15 is 0 Å². The molecule has 0 aliphatic carbocycles. The standard InChI is InChI=1S/C22H31N3O5S2/c1-25(31(2,27)28)21-11-7-6-10-20(21)22(26)24-18-12-14-19(15-13-18)32(29,30)17-9-5-3-4-8-16-23/h6-7,10-15H,3-5,8-9,16-17,23H2,1-2H3,(H,24,26). The van der Waals surface area contributed by atoms with Crippen LogP contribution in [0.15, 0.2) is 53.4 Å². The number of nitrogens with zero attached hydrogens (tertiary/aromatic N) is 1. The number of sulfone groups is 1. The fourth-order valence-electron chi connectivity index (χ4n) is 3.15. The lowest BCUT2D eigenvalue weighted by Crippen LogP contribution is -2.27. The summed E-state index contributed by atoms with van der Waals surface area (Å²) >= 11 is 0. The third-order valence-corrected chi connectivity index (χ3v) is 8.08. The first kappa shape index (κ1) is 25.8. The second-order valence-electron chi connectivity index (χ2n) is 7.60. The topological polar surface area (TPSA) is 127 Å². The third-order valence-electron chi connectivity index (χ3n) is 5.07. The molecule has 32 heavy (non-hydrogen) atoms. The molecule has 1 amide bonds. The number of carbonyl (C=O) groups excluding carboxylic acids is 1. The van der Waals surface area contributed by atoms with Gasteiger partial charge in [0.25, 0.3) is 5.91 Å². The van der Waals surface area contributed by atoms with Crippen molar-refractivity contribution in [2.75, 3.05) is 35.2 Å². The highest BCUT2D eigenvalue weighted by Gasteiger charge is 2.20. The molecular weight excluding hydrogens is 450 g/mol. The Balaban J connectivity index is 2.05. The average molecular weight is 482 g/mol. The number of unbranched alkanes of at least 4 members (excludes halogenated alkanes) is 4. The molecule has 0 fully saturated rings. The highest BCUT2D eigenvalue weighted by Crippen LogP contribution is 2.23. The lowest BCUT2D eigenvalue weighted by atomic mass is 10.1. The van der Waals surface area contributed by atoms with Gasteiger partial charge in [0.2, 0.25) is 10.0 Å². The number of hydrogen-bond donors (Lipinski definition) is 2. The second kappa shape index (κ2) is 11.4. The van der Waals surface area contributed by atoms with Gasteiger partial charge in [0.1, 0.15) is 0 Å². The van der Waals surface area contributed by atoms with Gasteiger partial charge in [0.15, 0.2) is 9.84 Å². The molecule has 0 bridgehead atoms. The Kier molecular flexibility index (Phi) is 9.23. The van der Waals surface area contributed by atoms with Crippen molar-refractivity contribution >= 4 is 37.1 Å². The number of carbonyl (C=O) groups is 1. The van der Waals surface area contributed by atoms with Gasteiger partial charge in [-0.3, -0.25) is 9.10 Å². The highest BCUT2D eigenvalue weighted by molar-refractivity contribution is 7.92. The van der Waals surface area contributed by atoms with Crippen molar-refractivity contribution in [3.63, 3.8) is 0 Å². The van der Waals surface area contributed by atoms with E-state index < -0.39 is 25.8 Å². The zero-order valence-electron chi connectivity index (χ0n) is 18.5. The van der Waals surface area contributed by atoms with Crippen LogP contribution in [0, 0.1) is 0 Å². The molecule has 2 aromatic rings. The molecule has 0 saturated carbocycles. The number of nitrogens with two attached hydrogens (primary N) is 1. The molecule has 176 valence electrons. The zero-order valence-corrected chi connectivity index (χ0v) is 20.1. The van der Waals surface area contributed by atoms with Crippen molar-refractivity contribution in [2.45, 2.75) is 37.0 Å². The van der Waals surface area contributed by atoms with E-state index in [0.29, 0.717) is 18.7 Å². The largest absolute Gasteiger partial charge is 0.330 e. The first-order valence-corrected chi connectivity index (χ1v) is 13.9. The van der Waals surface area contributed by atoms with Gasteiger partial charge in [-0.25, -0.2) is 16.8 Å². The van der Waals surface area contributed by atoms with E-state index in [2.05, 4.69) is 5.32 Å². The number of rotatable bonds is 12. The summed E-state index contributed by atoms with van der Waals surface area (Å²) in [4.78, 5) is 12.9.